The molecule has 2 aromatic rings. The summed E-state index contributed by atoms with van der Waals surface area (Å²) in [5.74, 6) is -2.69. The molecular weight excluding hydrogens is 382 g/mol. The van der Waals surface area contributed by atoms with Gasteiger partial charge in [-0.05, 0) is 48.2 Å². The third-order valence-electron chi connectivity index (χ3n) is 4.17. The number of nitrogens with two attached hydrogens (primary N) is 1. The fraction of sp³-hybridized carbons (Fsp3) is 0.211. The van der Waals surface area contributed by atoms with E-state index in [0.29, 0.717) is 16.8 Å². The van der Waals surface area contributed by atoms with Crippen LogP contribution < -0.4 is 11.1 Å². The number of amides is 1. The Morgan fingerprint density at radius 1 is 1.07 bits per heavy atom. The molecule has 0 fully saturated rings. The number of carbonyl (C=O) groups is 3. The van der Waals surface area contributed by atoms with Crippen molar-refractivity contribution in [3.05, 3.63) is 69.3 Å². The minimum Gasteiger partial charge on any atom is -0.481 e. The van der Waals surface area contributed by atoms with Crippen LogP contribution in [0.1, 0.15) is 27.9 Å². The van der Waals surface area contributed by atoms with Crippen molar-refractivity contribution in [1.82, 2.24) is 0 Å². The Morgan fingerprint density at radius 2 is 1.72 bits per heavy atom. The highest BCUT2D eigenvalue weighted by Crippen LogP contribution is 2.21. The molecule has 0 radical (unpaired) electrons. The summed E-state index contributed by atoms with van der Waals surface area (Å²) in [6.45, 7) is 0. The quantitative estimate of drug-likeness (QED) is 0.364. The fourth-order valence-corrected chi connectivity index (χ4v) is 2.64. The Morgan fingerprint density at radius 3 is 2.28 bits per heavy atom. The van der Waals surface area contributed by atoms with Gasteiger partial charge in [-0.1, -0.05) is 6.07 Å². The largest absolute Gasteiger partial charge is 0.481 e. The van der Waals surface area contributed by atoms with Crippen LogP contribution in [0, 0.1) is 10.1 Å². The number of aliphatic carboxylic acids is 2. The minimum absolute atomic E-state index is 0.0147. The van der Waals surface area contributed by atoms with Gasteiger partial charge in [0.1, 0.15) is 6.04 Å². The molecule has 0 heterocycles. The molecule has 0 aliphatic carbocycles. The second kappa shape index (κ2) is 9.42. The molecule has 152 valence electrons. The van der Waals surface area contributed by atoms with Crippen molar-refractivity contribution >= 4 is 29.2 Å². The predicted molar refractivity (Wildman–Crippen MR) is 103 cm³/mol. The van der Waals surface area contributed by atoms with E-state index in [1.165, 1.54) is 24.3 Å². The second-order valence-electron chi connectivity index (χ2n) is 6.28. The number of non-ortho nitro benzene ring substituents is 1. The van der Waals surface area contributed by atoms with Crippen LogP contribution in [-0.4, -0.2) is 39.0 Å². The van der Waals surface area contributed by atoms with Crippen molar-refractivity contribution in [3.8, 4) is 0 Å². The van der Waals surface area contributed by atoms with Crippen molar-refractivity contribution in [2.24, 2.45) is 5.73 Å². The van der Waals surface area contributed by atoms with E-state index in [9.17, 15) is 24.5 Å². The summed E-state index contributed by atoms with van der Waals surface area (Å²) in [5.41, 5.74) is 7.15. The Labute approximate surface area is 165 Å². The number of rotatable bonds is 9. The van der Waals surface area contributed by atoms with Crippen LogP contribution in [0.15, 0.2) is 42.5 Å². The molecule has 10 nitrogen and oxygen atoms in total. The lowest BCUT2D eigenvalue weighted by Crippen LogP contribution is -2.32. The first-order valence-corrected chi connectivity index (χ1v) is 8.55. The van der Waals surface area contributed by atoms with Crippen molar-refractivity contribution in [2.75, 3.05) is 5.32 Å². The maximum Gasteiger partial charge on any atom is 0.320 e. The van der Waals surface area contributed by atoms with Gasteiger partial charge in [0, 0.05) is 29.8 Å². The summed E-state index contributed by atoms with van der Waals surface area (Å²) >= 11 is 0. The lowest BCUT2D eigenvalue weighted by Gasteiger charge is -2.14. The molecule has 1 atom stereocenters. The van der Waals surface area contributed by atoms with Gasteiger partial charge in [-0.2, -0.15) is 0 Å². The zero-order chi connectivity index (χ0) is 21.6. The number of nitro groups is 1. The van der Waals surface area contributed by atoms with E-state index >= 15 is 0 Å². The number of carbonyl (C=O) groups excluding carboxylic acids is 1. The van der Waals surface area contributed by atoms with Crippen molar-refractivity contribution in [1.29, 1.82) is 0 Å². The Kier molecular flexibility index (Phi) is 6.99. The average Bonchev–Trinajstić information content (AvgIpc) is 2.67. The Hall–Kier alpha value is -3.79. The highest BCUT2D eigenvalue weighted by molar-refractivity contribution is 6.04. The van der Waals surface area contributed by atoms with Gasteiger partial charge in [0.15, 0.2) is 0 Å². The standard InChI is InChI=1S/C19H19N3O7/c20-16(19(26)27)10-13-1-5-14(9-12(13)4-8-17(23)24)21-18(25)11-2-6-15(7-3-11)22(28)29/h1-3,5-7,9,16H,4,8,10,20H2,(H,21,25)(H,23,24)(H,26,27)/t16-/m0/s1. The van der Waals surface area contributed by atoms with Crippen LogP contribution in [0.3, 0.4) is 0 Å². The first-order chi connectivity index (χ1) is 13.7. The van der Waals surface area contributed by atoms with Gasteiger partial charge in [-0.15, -0.1) is 0 Å². The van der Waals surface area contributed by atoms with Crippen LogP contribution in [0.4, 0.5) is 11.4 Å². The molecule has 0 aliphatic rings. The average molecular weight is 401 g/mol. The zero-order valence-corrected chi connectivity index (χ0v) is 15.2. The second-order valence-corrected chi connectivity index (χ2v) is 6.28. The summed E-state index contributed by atoms with van der Waals surface area (Å²) in [5, 5.41) is 31.2. The summed E-state index contributed by atoms with van der Waals surface area (Å²) in [4.78, 5) is 44.4. The molecule has 0 aromatic heterocycles. The molecule has 5 N–H and O–H groups in total. The van der Waals surface area contributed by atoms with Gasteiger partial charge in [0.25, 0.3) is 11.6 Å². The topological polar surface area (TPSA) is 173 Å². The van der Waals surface area contributed by atoms with Crippen LogP contribution in [0.2, 0.25) is 0 Å². The normalized spacial score (nSPS) is 11.5. The monoisotopic (exact) mass is 401 g/mol. The SMILES string of the molecule is N[C@@H](Cc1ccc(NC(=O)c2ccc([N+](=O)[O-])cc2)cc1CCC(=O)O)C(=O)O. The molecule has 2 aromatic carbocycles. The number of nitrogens with one attached hydrogen (secondary N) is 1. The highest BCUT2D eigenvalue weighted by atomic mass is 16.6. The third-order valence-corrected chi connectivity index (χ3v) is 4.17. The van der Waals surface area contributed by atoms with Gasteiger partial charge in [0.05, 0.1) is 4.92 Å². The smallest absolute Gasteiger partial charge is 0.320 e. The van der Waals surface area contributed by atoms with Crippen LogP contribution in [0.25, 0.3) is 0 Å². The fourth-order valence-electron chi connectivity index (χ4n) is 2.64. The summed E-state index contributed by atoms with van der Waals surface area (Å²) in [7, 11) is 0. The number of carboxylic acid groups (broad SMARTS) is 2. The number of benzene rings is 2. The van der Waals surface area contributed by atoms with Gasteiger partial charge >= 0.3 is 11.9 Å². The summed E-state index contributed by atoms with van der Waals surface area (Å²) < 4.78 is 0. The van der Waals surface area contributed by atoms with E-state index in [-0.39, 0.29) is 30.5 Å². The van der Waals surface area contributed by atoms with Crippen molar-refractivity contribution in [3.63, 3.8) is 0 Å². The first kappa shape index (κ1) is 21.5. The molecule has 0 unspecified atom stereocenters. The first-order valence-electron chi connectivity index (χ1n) is 8.55. The summed E-state index contributed by atoms with van der Waals surface area (Å²) in [6, 6.07) is 8.63. The maximum atomic E-state index is 12.4. The van der Waals surface area contributed by atoms with E-state index in [1.807, 2.05) is 0 Å². The van der Waals surface area contributed by atoms with Crippen molar-refractivity contribution < 1.29 is 29.5 Å². The molecule has 0 bridgehead atoms. The molecule has 0 saturated carbocycles. The molecule has 2 rings (SSSR count). The number of aryl methyl sites for hydroxylation is 1. The lowest BCUT2D eigenvalue weighted by atomic mass is 9.96. The molecule has 0 saturated heterocycles. The van der Waals surface area contributed by atoms with Gasteiger partial charge in [-0.3, -0.25) is 24.5 Å². The van der Waals surface area contributed by atoms with E-state index in [4.69, 9.17) is 15.9 Å². The molecule has 29 heavy (non-hydrogen) atoms. The van der Waals surface area contributed by atoms with Crippen molar-refractivity contribution in [2.45, 2.75) is 25.3 Å². The number of carboxylic acids is 2. The Balaban J connectivity index is 2.21. The van der Waals surface area contributed by atoms with Gasteiger partial charge in [0.2, 0.25) is 0 Å². The Bertz CT molecular complexity index is 941. The number of hydrogen-bond acceptors (Lipinski definition) is 6. The van der Waals surface area contributed by atoms with E-state index < -0.39 is 28.8 Å². The molecular formula is C19H19N3O7. The lowest BCUT2D eigenvalue weighted by molar-refractivity contribution is -0.384. The number of nitro benzene ring substituents is 1. The number of nitrogens with zero attached hydrogens (tertiary/aromatic N) is 1. The maximum absolute atomic E-state index is 12.4. The minimum atomic E-state index is -1.18. The number of hydrogen-bond donors (Lipinski definition) is 4. The van der Waals surface area contributed by atoms with E-state index in [1.54, 1.807) is 18.2 Å². The summed E-state index contributed by atoms with van der Waals surface area (Å²) in [6.07, 6.45) is -0.0197. The highest BCUT2D eigenvalue weighted by Gasteiger charge is 2.16. The molecule has 1 amide bonds. The molecule has 0 aliphatic heterocycles. The van der Waals surface area contributed by atoms with E-state index in [2.05, 4.69) is 5.32 Å². The van der Waals surface area contributed by atoms with E-state index in [0.717, 1.165) is 0 Å². The van der Waals surface area contributed by atoms with Gasteiger partial charge < -0.3 is 21.3 Å². The third kappa shape index (κ3) is 6.11. The zero-order valence-electron chi connectivity index (χ0n) is 15.2. The number of anilines is 1. The molecule has 0 spiro atoms. The van der Waals surface area contributed by atoms with Crippen LogP contribution in [0.5, 0.6) is 0 Å². The van der Waals surface area contributed by atoms with Crippen LogP contribution in [-0.2, 0) is 22.4 Å². The predicted octanol–water partition coefficient (Wildman–Crippen LogP) is 1.82. The van der Waals surface area contributed by atoms with Crippen LogP contribution >= 0.6 is 0 Å². The molecule has 10 heteroatoms. The van der Waals surface area contributed by atoms with Gasteiger partial charge in [-0.25, -0.2) is 0 Å².